The predicted molar refractivity (Wildman–Crippen MR) is 43.9 cm³/mol. The summed E-state index contributed by atoms with van der Waals surface area (Å²) < 4.78 is 80.6. The Labute approximate surface area is 85.0 Å². The number of halogens is 4. The van der Waals surface area contributed by atoms with E-state index in [0.717, 1.165) is 0 Å². The number of alkyl halides is 3. The van der Waals surface area contributed by atoms with E-state index in [-0.39, 0.29) is 0 Å². The largest absolute Gasteiger partial charge is 0.416 e. The lowest BCUT2D eigenvalue weighted by molar-refractivity contribution is -0.137. The van der Waals surface area contributed by atoms with Crippen LogP contribution in [0.3, 0.4) is 0 Å². The fraction of sp³-hybridized carbons (Fsp3) is 0.250. The molecular weight excluding hydrogens is 233 g/mol. The Morgan fingerprint density at radius 1 is 1.50 bits per heavy atom. The smallest absolute Gasteiger partial charge is 0.166 e. The molecule has 0 unspecified atom stereocenters. The average Bonchev–Trinajstić information content (AvgIpc) is 2.09. The van der Waals surface area contributed by atoms with Crippen molar-refractivity contribution in [2.45, 2.75) is 13.0 Å². The van der Waals surface area contributed by atoms with E-state index in [1.807, 2.05) is 0 Å². The summed E-state index contributed by atoms with van der Waals surface area (Å²) in [5.74, 6) is 0. The van der Waals surface area contributed by atoms with Gasteiger partial charge in [-0.3, -0.25) is 0 Å². The molecule has 0 fully saturated rings. The van der Waals surface area contributed by atoms with Crippen LogP contribution in [0.1, 0.15) is 19.4 Å². The molecule has 0 saturated heterocycles. The van der Waals surface area contributed by atoms with Crippen LogP contribution in [0.15, 0.2) is 22.6 Å². The molecule has 0 saturated carbocycles. The van der Waals surface area contributed by atoms with Crippen molar-refractivity contribution in [2.24, 2.45) is 0 Å². The second-order valence-corrected chi connectivity index (χ2v) is 2.73. The van der Waals surface area contributed by atoms with Crippen LogP contribution in [-0.4, -0.2) is 0 Å². The number of rotatable bonds is 0. The van der Waals surface area contributed by atoms with E-state index in [9.17, 15) is 13.2 Å². The minimum absolute atomic E-state index is 0.481. The highest BCUT2D eigenvalue weighted by Gasteiger charge is 2.30. The Kier molecular flexibility index (Phi) is 1.06. The zero-order valence-electron chi connectivity index (χ0n) is 11.5. The first-order valence-corrected chi connectivity index (χ1v) is 3.55. The monoisotopic (exact) mass is 244 g/mol. The molecular formula is C8H6BrF3. The summed E-state index contributed by atoms with van der Waals surface area (Å²) in [6.07, 6.45) is -5.05. The predicted octanol–water partition coefficient (Wildman–Crippen LogP) is 3.78. The van der Waals surface area contributed by atoms with Crippen molar-refractivity contribution >= 4 is 15.9 Å². The minimum atomic E-state index is -5.05. The molecule has 0 atom stereocenters. The number of hydrogen-bond acceptors (Lipinski definition) is 0. The first-order chi connectivity index (χ1) is 7.89. The van der Waals surface area contributed by atoms with Crippen LogP contribution in [0, 0.1) is 6.85 Å². The zero-order chi connectivity index (χ0) is 14.5. The second kappa shape index (κ2) is 3.09. The van der Waals surface area contributed by atoms with Crippen molar-refractivity contribution in [1.82, 2.24) is 0 Å². The van der Waals surface area contributed by atoms with E-state index in [0.29, 0.717) is 0 Å². The minimum Gasteiger partial charge on any atom is -0.166 e. The Bertz CT molecular complexity index is 452. The molecule has 0 N–H and O–H groups in total. The molecule has 0 bridgehead atoms. The summed E-state index contributed by atoms with van der Waals surface area (Å²) in [6.45, 7) is -2.97. The maximum absolute atomic E-state index is 12.7. The van der Waals surface area contributed by atoms with Crippen LogP contribution >= 0.6 is 15.9 Å². The molecule has 66 valence electrons. The number of hydrogen-bond donors (Lipinski definition) is 0. The van der Waals surface area contributed by atoms with Crippen molar-refractivity contribution in [3.63, 3.8) is 0 Å². The van der Waals surface area contributed by atoms with Crippen LogP contribution in [-0.2, 0) is 6.18 Å². The molecule has 1 aromatic rings. The van der Waals surface area contributed by atoms with Gasteiger partial charge in [-0.1, -0.05) is 15.9 Å². The van der Waals surface area contributed by atoms with Gasteiger partial charge in [0.1, 0.15) is 0 Å². The first kappa shape index (κ1) is 4.13. The summed E-state index contributed by atoms with van der Waals surface area (Å²) in [5, 5.41) is 0. The lowest BCUT2D eigenvalue weighted by atomic mass is 10.1. The van der Waals surface area contributed by atoms with Gasteiger partial charge < -0.3 is 0 Å². The highest BCUT2D eigenvalue weighted by atomic mass is 79.9. The van der Waals surface area contributed by atoms with Crippen LogP contribution < -0.4 is 0 Å². The lowest BCUT2D eigenvalue weighted by Gasteiger charge is -2.07. The van der Waals surface area contributed by atoms with Crippen LogP contribution in [0.5, 0.6) is 0 Å². The third kappa shape index (κ3) is 2.00. The van der Waals surface area contributed by atoms with E-state index in [1.54, 1.807) is 0 Å². The van der Waals surface area contributed by atoms with E-state index < -0.39 is 46.8 Å². The fourth-order valence-corrected chi connectivity index (χ4v) is 0.731. The fourth-order valence-electron chi connectivity index (χ4n) is 0.533. The van der Waals surface area contributed by atoms with Gasteiger partial charge in [0.2, 0.25) is 0 Å². The standard InChI is InChI=1S/C8H6BrF3/c1-5-4-6(8(10,11)12)2-3-7(5)9/h2-4H,1H3/i1D3,2D,3D,4D. The zero-order valence-corrected chi connectivity index (χ0v) is 7.10. The highest BCUT2D eigenvalue weighted by Crippen LogP contribution is 2.31. The van der Waals surface area contributed by atoms with Gasteiger partial charge in [-0.25, -0.2) is 0 Å². The molecule has 0 amide bonds. The molecule has 0 spiro atoms. The molecule has 1 aromatic carbocycles. The maximum atomic E-state index is 12.7. The van der Waals surface area contributed by atoms with Gasteiger partial charge in [-0.05, 0) is 30.5 Å². The summed E-state index contributed by atoms with van der Waals surface area (Å²) >= 11 is 2.66. The lowest BCUT2D eigenvalue weighted by Crippen LogP contribution is -2.04. The van der Waals surface area contributed by atoms with E-state index in [1.165, 1.54) is 0 Å². The summed E-state index contributed by atoms with van der Waals surface area (Å²) in [5.41, 5.74) is -2.61. The molecule has 4 heteroatoms. The summed E-state index contributed by atoms with van der Waals surface area (Å²) in [7, 11) is 0. The highest BCUT2D eigenvalue weighted by molar-refractivity contribution is 9.10. The molecule has 0 heterocycles. The maximum Gasteiger partial charge on any atom is 0.416 e. The third-order valence-corrected chi connectivity index (χ3v) is 1.64. The molecule has 0 aliphatic carbocycles. The Balaban J connectivity index is 3.83. The van der Waals surface area contributed by atoms with Gasteiger partial charge in [0.15, 0.2) is 0 Å². The van der Waals surface area contributed by atoms with Gasteiger partial charge in [0.05, 0.1) is 9.68 Å². The summed E-state index contributed by atoms with van der Waals surface area (Å²) in [6, 6.07) is -3.41. The normalized spacial score (nSPS) is 20.0. The summed E-state index contributed by atoms with van der Waals surface area (Å²) in [4.78, 5) is 0. The van der Waals surface area contributed by atoms with Gasteiger partial charge in [0.25, 0.3) is 0 Å². The van der Waals surface area contributed by atoms with E-state index in [2.05, 4.69) is 15.9 Å². The van der Waals surface area contributed by atoms with Crippen LogP contribution in [0.2, 0.25) is 0 Å². The van der Waals surface area contributed by atoms with Crippen molar-refractivity contribution in [2.75, 3.05) is 0 Å². The van der Waals surface area contributed by atoms with Gasteiger partial charge in [0, 0.05) is 8.58 Å². The Morgan fingerprint density at radius 2 is 2.17 bits per heavy atom. The SMILES string of the molecule is [2H]c1c([2H])c(C(F)(F)F)c([2H])c(C([2H])([2H])[2H])c1Br. The third-order valence-electron chi connectivity index (χ3n) is 1.05. The number of benzene rings is 1. The second-order valence-electron chi connectivity index (χ2n) is 1.94. The molecule has 0 aromatic heterocycles. The Hall–Kier alpha value is -0.510. The quantitative estimate of drug-likeness (QED) is 0.652. The van der Waals surface area contributed by atoms with Crippen molar-refractivity contribution < 1.29 is 21.4 Å². The molecule has 0 aliphatic heterocycles. The Morgan fingerprint density at radius 3 is 2.67 bits per heavy atom. The topological polar surface area (TPSA) is 0 Å². The van der Waals surface area contributed by atoms with Gasteiger partial charge in [-0.2, -0.15) is 13.2 Å². The molecule has 0 aliphatic rings. The van der Waals surface area contributed by atoms with Crippen molar-refractivity contribution in [3.05, 3.63) is 33.7 Å². The average molecular weight is 245 g/mol. The van der Waals surface area contributed by atoms with E-state index in [4.69, 9.17) is 8.22 Å². The first-order valence-electron chi connectivity index (χ1n) is 5.76. The van der Waals surface area contributed by atoms with Crippen LogP contribution in [0.4, 0.5) is 13.2 Å². The molecule has 1 rings (SSSR count). The van der Waals surface area contributed by atoms with Gasteiger partial charge in [-0.15, -0.1) is 0 Å². The van der Waals surface area contributed by atoms with E-state index >= 15 is 0 Å². The molecule has 12 heavy (non-hydrogen) atoms. The molecule has 0 nitrogen and oxygen atoms in total. The van der Waals surface area contributed by atoms with Gasteiger partial charge >= 0.3 is 6.18 Å². The van der Waals surface area contributed by atoms with Crippen molar-refractivity contribution in [3.8, 4) is 0 Å². The van der Waals surface area contributed by atoms with Crippen molar-refractivity contribution in [1.29, 1.82) is 0 Å². The molecule has 0 radical (unpaired) electrons. The van der Waals surface area contributed by atoms with Crippen LogP contribution in [0.25, 0.3) is 0 Å².